The van der Waals surface area contributed by atoms with Crippen molar-refractivity contribution in [2.24, 2.45) is 13.0 Å². The fraction of sp³-hybridized carbons (Fsp3) is 0.447. The minimum absolute atomic E-state index is 0.0880. The van der Waals surface area contributed by atoms with Crippen LogP contribution >= 0.6 is 23.2 Å². The van der Waals surface area contributed by atoms with Crippen LogP contribution in [0.1, 0.15) is 66.1 Å². The number of aliphatic hydroxyl groups excluding tert-OH is 1. The summed E-state index contributed by atoms with van der Waals surface area (Å²) in [6, 6.07) is 11.1. The number of imidazole rings is 1. The lowest BCUT2D eigenvalue weighted by molar-refractivity contribution is -0.119. The molecule has 0 radical (unpaired) electrons. The molecule has 0 unspecified atom stereocenters. The Morgan fingerprint density at radius 3 is 2.63 bits per heavy atom. The van der Waals surface area contributed by atoms with Crippen molar-refractivity contribution in [2.45, 2.75) is 70.2 Å². The fourth-order valence-electron chi connectivity index (χ4n) is 7.59. The first kappa shape index (κ1) is 36.3. The number of hydrogen-bond acceptors (Lipinski definition) is 9. The number of aliphatic hydroxyl groups is 1. The molecule has 5 heterocycles. The van der Waals surface area contributed by atoms with Crippen molar-refractivity contribution in [3.05, 3.63) is 75.4 Å². The number of fused-ring (bicyclic) bond motifs is 1. The molecule has 1 saturated heterocycles. The predicted octanol–water partition coefficient (Wildman–Crippen LogP) is 5.39. The number of hydrogen-bond donors (Lipinski definition) is 4. The van der Waals surface area contributed by atoms with Gasteiger partial charge >= 0.3 is 0 Å². The molecule has 1 aliphatic carbocycles. The first-order valence-corrected chi connectivity index (χ1v) is 18.7. The van der Waals surface area contributed by atoms with Gasteiger partial charge in [-0.25, -0.2) is 9.97 Å². The third kappa shape index (κ3) is 7.81. The number of aromatic nitrogens is 4. The van der Waals surface area contributed by atoms with Crippen molar-refractivity contribution in [1.82, 2.24) is 35.1 Å². The van der Waals surface area contributed by atoms with Gasteiger partial charge in [-0.15, -0.1) is 0 Å². The summed E-state index contributed by atoms with van der Waals surface area (Å²) in [5.41, 5.74) is 5.55. The maximum Gasteiger partial charge on any atom is 0.291 e. The van der Waals surface area contributed by atoms with E-state index in [2.05, 4.69) is 25.8 Å². The zero-order valence-corrected chi connectivity index (χ0v) is 30.9. The summed E-state index contributed by atoms with van der Waals surface area (Å²) in [6.07, 6.45) is 7.54. The number of carbonyl (C=O) groups excluding carboxylic acids is 2. The van der Waals surface area contributed by atoms with Crippen LogP contribution in [0.2, 0.25) is 10.0 Å². The van der Waals surface area contributed by atoms with Gasteiger partial charge < -0.3 is 30.4 Å². The summed E-state index contributed by atoms with van der Waals surface area (Å²) in [4.78, 5) is 41.7. The molecule has 2 amide bonds. The minimum atomic E-state index is -0.351. The number of anilines is 1. The summed E-state index contributed by atoms with van der Waals surface area (Å²) in [5.74, 6) is 1.11. The number of rotatable bonds is 11. The van der Waals surface area contributed by atoms with Crippen LogP contribution in [-0.4, -0.2) is 80.2 Å². The van der Waals surface area contributed by atoms with E-state index in [4.69, 9.17) is 37.9 Å². The first-order valence-electron chi connectivity index (χ1n) is 17.9. The highest BCUT2D eigenvalue weighted by atomic mass is 35.5. The van der Waals surface area contributed by atoms with Gasteiger partial charge in [-0.1, -0.05) is 41.4 Å². The van der Waals surface area contributed by atoms with E-state index < -0.39 is 0 Å². The van der Waals surface area contributed by atoms with Crippen molar-refractivity contribution in [3.8, 4) is 28.4 Å². The molecule has 3 aromatic heterocycles. The second-order valence-electron chi connectivity index (χ2n) is 14.0. The van der Waals surface area contributed by atoms with E-state index in [0.29, 0.717) is 81.9 Å². The average Bonchev–Trinajstić information content (AvgIpc) is 3.72. The maximum atomic E-state index is 13.6. The van der Waals surface area contributed by atoms with Crippen molar-refractivity contribution >= 4 is 40.7 Å². The lowest BCUT2D eigenvalue weighted by Crippen LogP contribution is -2.36. The zero-order chi connectivity index (χ0) is 36.4. The predicted molar refractivity (Wildman–Crippen MR) is 200 cm³/mol. The summed E-state index contributed by atoms with van der Waals surface area (Å²) in [5, 5.41) is 19.9. The molecule has 4 aromatic rings. The number of carbonyl (C=O) groups is 2. The second kappa shape index (κ2) is 15.9. The van der Waals surface area contributed by atoms with E-state index in [9.17, 15) is 14.7 Å². The van der Waals surface area contributed by atoms with E-state index >= 15 is 0 Å². The van der Waals surface area contributed by atoms with Crippen molar-refractivity contribution in [2.75, 3.05) is 32.1 Å². The standard InChI is InChI=1S/C38H44Cl2N8O4/c1-47-31-15-17-48(20-22-6-10-25(49)11-7-22)21-30(31)44-36(47)37(51)45-29-5-3-4-27(33(29)39)35-34(40)26(14-16-42-35)28-12-8-23(38(46-28)52-2)18-41-19-24-9-13-32(50)43-24/h3-5,8,12,14,16,22,24-25,41,49H,6-7,9-11,13,15,17-21H2,1-2H3,(H,43,50)(H,45,51)/t22-,24-,25-/m0/s1. The highest BCUT2D eigenvalue weighted by Crippen LogP contribution is 2.40. The van der Waals surface area contributed by atoms with Gasteiger partial charge in [0.25, 0.3) is 5.91 Å². The van der Waals surface area contributed by atoms with Crippen LogP contribution in [0.25, 0.3) is 22.5 Å². The molecule has 1 atom stereocenters. The number of halogens is 2. The third-order valence-electron chi connectivity index (χ3n) is 10.5. The Balaban J connectivity index is 1.05. The average molecular weight is 748 g/mol. The summed E-state index contributed by atoms with van der Waals surface area (Å²) >= 11 is 14.0. The molecule has 3 aliphatic rings. The molecule has 14 heteroatoms. The van der Waals surface area contributed by atoms with E-state index in [-0.39, 0.29) is 24.0 Å². The summed E-state index contributed by atoms with van der Waals surface area (Å²) in [7, 11) is 3.46. The number of methoxy groups -OCH3 is 1. The lowest BCUT2D eigenvalue weighted by Gasteiger charge is -2.33. The van der Waals surface area contributed by atoms with Gasteiger partial charge in [0, 0.05) is 87.2 Å². The van der Waals surface area contributed by atoms with Gasteiger partial charge in [0.15, 0.2) is 5.82 Å². The largest absolute Gasteiger partial charge is 0.481 e. The molecule has 52 heavy (non-hydrogen) atoms. The minimum Gasteiger partial charge on any atom is -0.481 e. The normalized spacial score (nSPS) is 20.4. The van der Waals surface area contributed by atoms with Crippen LogP contribution in [0.4, 0.5) is 5.69 Å². The third-order valence-corrected chi connectivity index (χ3v) is 11.3. The number of nitrogens with one attached hydrogen (secondary N) is 3. The Labute approximate surface area is 313 Å². The van der Waals surface area contributed by atoms with Crippen molar-refractivity contribution in [1.29, 1.82) is 0 Å². The number of benzene rings is 1. The number of pyridine rings is 2. The second-order valence-corrected chi connectivity index (χ2v) is 14.7. The molecule has 1 aromatic carbocycles. The van der Waals surface area contributed by atoms with E-state index in [1.54, 1.807) is 31.5 Å². The zero-order valence-electron chi connectivity index (χ0n) is 29.4. The molecule has 7 rings (SSSR count). The molecule has 0 spiro atoms. The maximum absolute atomic E-state index is 13.6. The number of ether oxygens (including phenoxy) is 1. The van der Waals surface area contributed by atoms with E-state index in [0.717, 1.165) is 68.6 Å². The van der Waals surface area contributed by atoms with Crippen LogP contribution in [0, 0.1) is 5.92 Å². The molecular weight excluding hydrogens is 703 g/mol. The van der Waals surface area contributed by atoms with Crippen LogP contribution in [0.15, 0.2) is 42.6 Å². The molecule has 0 bridgehead atoms. The first-order chi connectivity index (χ1) is 25.2. The molecular formula is C38H44Cl2N8O4. The number of nitrogens with zero attached hydrogens (tertiary/aromatic N) is 5. The van der Waals surface area contributed by atoms with Gasteiger partial charge in [-0.2, -0.15) is 0 Å². The Morgan fingerprint density at radius 1 is 1.04 bits per heavy atom. The quantitative estimate of drug-likeness (QED) is 0.159. The topological polar surface area (TPSA) is 147 Å². The van der Waals surface area contributed by atoms with Crippen LogP contribution < -0.4 is 20.7 Å². The molecule has 2 aliphatic heterocycles. The molecule has 1 saturated carbocycles. The Morgan fingerprint density at radius 2 is 1.87 bits per heavy atom. The summed E-state index contributed by atoms with van der Waals surface area (Å²) < 4.78 is 7.51. The van der Waals surface area contributed by atoms with Gasteiger partial charge in [0.1, 0.15) is 0 Å². The summed E-state index contributed by atoms with van der Waals surface area (Å²) in [6.45, 7) is 3.79. The van der Waals surface area contributed by atoms with Crippen LogP contribution in [-0.2, 0) is 31.4 Å². The van der Waals surface area contributed by atoms with Gasteiger partial charge in [-0.05, 0) is 56.2 Å². The Hall–Kier alpha value is -4.07. The lowest BCUT2D eigenvalue weighted by atomic mass is 9.87. The van der Waals surface area contributed by atoms with Gasteiger partial charge in [0.2, 0.25) is 11.8 Å². The van der Waals surface area contributed by atoms with Gasteiger partial charge in [0.05, 0.1) is 46.0 Å². The van der Waals surface area contributed by atoms with Crippen molar-refractivity contribution in [3.63, 3.8) is 0 Å². The van der Waals surface area contributed by atoms with Crippen molar-refractivity contribution < 1.29 is 19.4 Å². The fourth-order valence-corrected chi connectivity index (χ4v) is 8.17. The highest BCUT2D eigenvalue weighted by molar-refractivity contribution is 6.39. The van der Waals surface area contributed by atoms with E-state index in [1.165, 1.54) is 0 Å². The SMILES string of the molecule is COc1nc(-c2ccnc(-c3cccc(NC(=O)c4nc5c(n4C)CCN(C[C@H]4CC[C@H](O)CC4)C5)c3Cl)c2Cl)ccc1CNC[C@@H]1CCC(=O)N1. The molecule has 2 fully saturated rings. The molecule has 4 N–H and O–H groups in total. The van der Waals surface area contributed by atoms with Gasteiger partial charge in [-0.3, -0.25) is 19.5 Å². The molecule has 274 valence electrons. The van der Waals surface area contributed by atoms with Crippen LogP contribution in [0.5, 0.6) is 5.88 Å². The smallest absolute Gasteiger partial charge is 0.291 e. The number of amides is 2. The van der Waals surface area contributed by atoms with Crippen LogP contribution in [0.3, 0.4) is 0 Å². The monoisotopic (exact) mass is 746 g/mol. The Bertz CT molecular complexity index is 1960. The van der Waals surface area contributed by atoms with E-state index in [1.807, 2.05) is 29.8 Å². The highest BCUT2D eigenvalue weighted by Gasteiger charge is 2.29. The Kier molecular flexibility index (Phi) is 11.1. The molecule has 12 nitrogen and oxygen atoms in total.